The van der Waals surface area contributed by atoms with Crippen LogP contribution in [0.4, 0.5) is 0 Å². The van der Waals surface area contributed by atoms with Crippen LogP contribution in [-0.2, 0) is 0 Å². The number of nitrogens with one attached hydrogen (secondary N) is 2. The molecule has 0 aromatic carbocycles. The van der Waals surface area contributed by atoms with E-state index in [1.165, 1.54) is 37.9 Å². The Morgan fingerprint density at radius 1 is 1.35 bits per heavy atom. The minimum Gasteiger partial charge on any atom is -0.352 e. The predicted molar refractivity (Wildman–Crippen MR) is 76.7 cm³/mol. The van der Waals surface area contributed by atoms with Gasteiger partial charge in [0.2, 0.25) is 5.56 Å². The van der Waals surface area contributed by atoms with E-state index in [-0.39, 0.29) is 11.5 Å². The number of carbonyl (C=O) groups is 1. The summed E-state index contributed by atoms with van der Waals surface area (Å²) in [6, 6.07) is 4.34. The van der Waals surface area contributed by atoms with Crippen LogP contribution in [0.5, 0.6) is 0 Å². The lowest BCUT2D eigenvalue weighted by molar-refractivity contribution is 0.0917. The third kappa shape index (κ3) is 2.63. The van der Waals surface area contributed by atoms with Crippen LogP contribution in [0, 0.1) is 5.92 Å². The lowest BCUT2D eigenvalue weighted by atomic mass is 9.91. The van der Waals surface area contributed by atoms with Crippen LogP contribution in [-0.4, -0.2) is 41.5 Å². The molecule has 0 saturated carbocycles. The smallest absolute Gasteiger partial charge is 0.252 e. The van der Waals surface area contributed by atoms with Crippen molar-refractivity contribution in [1.29, 1.82) is 0 Å². The van der Waals surface area contributed by atoms with Crippen molar-refractivity contribution in [3.63, 3.8) is 0 Å². The van der Waals surface area contributed by atoms with Gasteiger partial charge in [-0.3, -0.25) is 9.59 Å². The molecule has 108 valence electrons. The fraction of sp³-hybridized carbons (Fsp3) is 0.600. The second-order valence-electron chi connectivity index (χ2n) is 6.04. The lowest BCUT2D eigenvalue weighted by Gasteiger charge is -2.36. The summed E-state index contributed by atoms with van der Waals surface area (Å²) >= 11 is 0. The van der Waals surface area contributed by atoms with Gasteiger partial charge in [-0.2, -0.15) is 0 Å². The first-order valence-electron chi connectivity index (χ1n) is 7.32. The molecule has 1 aromatic rings. The molecule has 0 aliphatic carbocycles. The van der Waals surface area contributed by atoms with Gasteiger partial charge in [0.05, 0.1) is 5.56 Å². The number of rotatable bonds is 3. The van der Waals surface area contributed by atoms with Crippen LogP contribution in [0.15, 0.2) is 23.1 Å². The standard InChI is InChI=1S/C15H21N3O2/c1-18-12-3-4-13(18)7-10(6-12)8-17-15(20)11-2-5-14(19)16-9-11/h2,5,9-10,12-13H,3-4,6-8H2,1H3,(H,16,19)(H,17,20). The Hall–Kier alpha value is -1.62. The van der Waals surface area contributed by atoms with Gasteiger partial charge in [0, 0.05) is 30.9 Å². The van der Waals surface area contributed by atoms with E-state index in [2.05, 4.69) is 22.2 Å². The molecule has 1 amide bonds. The summed E-state index contributed by atoms with van der Waals surface area (Å²) in [5.74, 6) is 0.475. The average Bonchev–Trinajstić information content (AvgIpc) is 2.66. The molecule has 5 heteroatoms. The molecule has 2 fully saturated rings. The Bertz CT molecular complexity index is 520. The van der Waals surface area contributed by atoms with E-state index in [0.29, 0.717) is 23.6 Å². The highest BCUT2D eigenvalue weighted by molar-refractivity contribution is 5.93. The zero-order chi connectivity index (χ0) is 14.1. The Labute approximate surface area is 118 Å². The minimum atomic E-state index is -0.187. The number of carbonyl (C=O) groups excluding carboxylic acids is 1. The van der Waals surface area contributed by atoms with Crippen molar-refractivity contribution < 1.29 is 4.79 Å². The number of fused-ring (bicyclic) bond motifs is 2. The normalized spacial score (nSPS) is 29.4. The number of piperidine rings is 1. The molecule has 5 nitrogen and oxygen atoms in total. The van der Waals surface area contributed by atoms with Crippen LogP contribution in [0.25, 0.3) is 0 Å². The number of nitrogens with zero attached hydrogens (tertiary/aromatic N) is 1. The highest BCUT2D eigenvalue weighted by Gasteiger charge is 2.38. The highest BCUT2D eigenvalue weighted by Crippen LogP contribution is 2.36. The van der Waals surface area contributed by atoms with Gasteiger partial charge in [0.15, 0.2) is 0 Å². The Balaban J connectivity index is 1.54. The first-order valence-corrected chi connectivity index (χ1v) is 7.32. The molecule has 20 heavy (non-hydrogen) atoms. The maximum absolute atomic E-state index is 12.0. The molecule has 2 aliphatic rings. The molecule has 1 aromatic heterocycles. The molecule has 0 spiro atoms. The number of amides is 1. The predicted octanol–water partition coefficient (Wildman–Crippen LogP) is 0.977. The van der Waals surface area contributed by atoms with Crippen LogP contribution < -0.4 is 10.9 Å². The van der Waals surface area contributed by atoms with Gasteiger partial charge in [-0.25, -0.2) is 0 Å². The maximum atomic E-state index is 12.0. The first kappa shape index (κ1) is 13.4. The van der Waals surface area contributed by atoms with Gasteiger partial charge in [0.1, 0.15) is 0 Å². The molecule has 2 N–H and O–H groups in total. The quantitative estimate of drug-likeness (QED) is 0.864. The number of hydrogen-bond donors (Lipinski definition) is 2. The Morgan fingerprint density at radius 2 is 2.05 bits per heavy atom. The van der Waals surface area contributed by atoms with Crippen LogP contribution >= 0.6 is 0 Å². The van der Waals surface area contributed by atoms with Crippen LogP contribution in [0.2, 0.25) is 0 Å². The lowest BCUT2D eigenvalue weighted by Crippen LogP contribution is -2.43. The molecule has 2 unspecified atom stereocenters. The summed E-state index contributed by atoms with van der Waals surface area (Å²) in [7, 11) is 2.22. The number of H-pyrrole nitrogens is 1. The van der Waals surface area contributed by atoms with Crippen molar-refractivity contribution in [2.75, 3.05) is 13.6 Å². The van der Waals surface area contributed by atoms with Crippen molar-refractivity contribution in [3.05, 3.63) is 34.2 Å². The summed E-state index contributed by atoms with van der Waals surface area (Å²) in [6.07, 6.45) is 6.42. The monoisotopic (exact) mass is 275 g/mol. The van der Waals surface area contributed by atoms with Crippen molar-refractivity contribution in [2.45, 2.75) is 37.8 Å². The van der Waals surface area contributed by atoms with E-state index >= 15 is 0 Å². The van der Waals surface area contributed by atoms with E-state index in [1.54, 1.807) is 6.07 Å². The maximum Gasteiger partial charge on any atom is 0.252 e. The second-order valence-corrected chi connectivity index (χ2v) is 6.04. The third-order valence-corrected chi connectivity index (χ3v) is 4.79. The Morgan fingerprint density at radius 3 is 2.65 bits per heavy atom. The average molecular weight is 275 g/mol. The highest BCUT2D eigenvalue weighted by atomic mass is 16.1. The molecular formula is C15H21N3O2. The van der Waals surface area contributed by atoms with E-state index in [1.807, 2.05) is 0 Å². The SMILES string of the molecule is CN1C2CCC1CC(CNC(=O)c1ccc(=O)[nH]c1)C2. The number of aromatic amines is 1. The number of pyridine rings is 1. The van der Waals surface area contributed by atoms with Crippen molar-refractivity contribution in [3.8, 4) is 0 Å². The van der Waals surface area contributed by atoms with E-state index < -0.39 is 0 Å². The summed E-state index contributed by atoms with van der Waals surface area (Å²) in [6.45, 7) is 0.735. The molecule has 3 heterocycles. The number of aromatic nitrogens is 1. The second kappa shape index (κ2) is 5.40. The molecule has 3 rings (SSSR count). The topological polar surface area (TPSA) is 65.2 Å². The summed E-state index contributed by atoms with van der Waals surface area (Å²) < 4.78 is 0. The van der Waals surface area contributed by atoms with Gasteiger partial charge in [-0.1, -0.05) is 0 Å². The van der Waals surface area contributed by atoms with E-state index in [0.717, 1.165) is 6.54 Å². The van der Waals surface area contributed by atoms with E-state index in [9.17, 15) is 9.59 Å². The molecule has 2 aliphatic heterocycles. The van der Waals surface area contributed by atoms with Crippen molar-refractivity contribution >= 4 is 5.91 Å². The van der Waals surface area contributed by atoms with Crippen LogP contribution in [0.3, 0.4) is 0 Å². The van der Waals surface area contributed by atoms with Gasteiger partial charge in [0.25, 0.3) is 5.91 Å². The zero-order valence-electron chi connectivity index (χ0n) is 11.8. The first-order chi connectivity index (χ1) is 9.63. The van der Waals surface area contributed by atoms with Crippen molar-refractivity contribution in [1.82, 2.24) is 15.2 Å². The van der Waals surface area contributed by atoms with Gasteiger partial charge >= 0.3 is 0 Å². The Kier molecular flexibility index (Phi) is 3.61. The van der Waals surface area contributed by atoms with Gasteiger partial charge in [-0.15, -0.1) is 0 Å². The molecule has 2 atom stereocenters. The van der Waals surface area contributed by atoms with Crippen molar-refractivity contribution in [2.24, 2.45) is 5.92 Å². The summed E-state index contributed by atoms with van der Waals surface area (Å²) in [4.78, 5) is 28.0. The largest absolute Gasteiger partial charge is 0.352 e. The molecular weight excluding hydrogens is 254 g/mol. The van der Waals surface area contributed by atoms with E-state index in [4.69, 9.17) is 0 Å². The minimum absolute atomic E-state index is 0.104. The number of hydrogen-bond acceptors (Lipinski definition) is 3. The summed E-state index contributed by atoms with van der Waals surface area (Å²) in [5, 5.41) is 2.99. The zero-order valence-corrected chi connectivity index (χ0v) is 11.8. The molecule has 0 radical (unpaired) electrons. The molecule has 2 bridgehead atoms. The van der Waals surface area contributed by atoms with Crippen LogP contribution in [0.1, 0.15) is 36.0 Å². The van der Waals surface area contributed by atoms with Gasteiger partial charge in [-0.05, 0) is 44.7 Å². The van der Waals surface area contributed by atoms with Gasteiger partial charge < -0.3 is 15.2 Å². The summed E-state index contributed by atoms with van der Waals surface area (Å²) in [5.41, 5.74) is 0.328. The third-order valence-electron chi connectivity index (χ3n) is 4.79. The fourth-order valence-electron chi connectivity index (χ4n) is 3.58. The molecule has 2 saturated heterocycles. The fourth-order valence-corrected chi connectivity index (χ4v) is 3.58.